The van der Waals surface area contributed by atoms with Gasteiger partial charge in [0.25, 0.3) is 0 Å². The smallest absolute Gasteiger partial charge is 0.406 e. The van der Waals surface area contributed by atoms with Crippen LogP contribution in [0.25, 0.3) is 0 Å². The summed E-state index contributed by atoms with van der Waals surface area (Å²) in [6.45, 7) is 0.837. The van der Waals surface area contributed by atoms with Crippen molar-refractivity contribution in [1.29, 1.82) is 0 Å². The molecule has 2 fully saturated rings. The SMILES string of the molecule is O=S(=O)(c1ccc(OC(F)(F)F)cc1)N1CCC(=C2CC2)CC1. The monoisotopic (exact) mass is 347 g/mol. The minimum Gasteiger partial charge on any atom is -0.406 e. The van der Waals surface area contributed by atoms with E-state index in [9.17, 15) is 21.6 Å². The molecule has 1 aromatic carbocycles. The summed E-state index contributed by atoms with van der Waals surface area (Å²) < 4.78 is 66.5. The average molecular weight is 347 g/mol. The zero-order chi connectivity index (χ0) is 16.7. The first-order valence-electron chi connectivity index (χ1n) is 7.31. The maximum absolute atomic E-state index is 12.5. The Morgan fingerprint density at radius 3 is 1.91 bits per heavy atom. The lowest BCUT2D eigenvalue weighted by molar-refractivity contribution is -0.274. The van der Waals surface area contributed by atoms with Gasteiger partial charge in [-0.05, 0) is 49.9 Å². The Hall–Kier alpha value is -1.54. The van der Waals surface area contributed by atoms with Gasteiger partial charge in [-0.15, -0.1) is 13.2 Å². The molecule has 0 aromatic heterocycles. The van der Waals surface area contributed by atoms with E-state index in [1.165, 1.54) is 15.5 Å². The number of rotatable bonds is 3. The summed E-state index contributed by atoms with van der Waals surface area (Å²) >= 11 is 0. The van der Waals surface area contributed by atoms with Crippen LogP contribution in [0.3, 0.4) is 0 Å². The van der Waals surface area contributed by atoms with Gasteiger partial charge in [0.15, 0.2) is 0 Å². The molecule has 8 heteroatoms. The summed E-state index contributed by atoms with van der Waals surface area (Å²) in [5, 5.41) is 0. The quantitative estimate of drug-likeness (QED) is 0.787. The number of allylic oxidation sites excluding steroid dienone is 1. The molecule has 0 N–H and O–H groups in total. The molecule has 0 unspecified atom stereocenters. The van der Waals surface area contributed by atoms with Crippen LogP contribution < -0.4 is 4.74 Å². The zero-order valence-corrected chi connectivity index (χ0v) is 13.1. The molecule has 3 rings (SSSR count). The summed E-state index contributed by atoms with van der Waals surface area (Å²) in [7, 11) is -3.68. The number of halogens is 3. The van der Waals surface area contributed by atoms with Gasteiger partial charge >= 0.3 is 6.36 Å². The summed E-state index contributed by atoms with van der Waals surface area (Å²) in [6, 6.07) is 4.32. The fourth-order valence-electron chi connectivity index (χ4n) is 2.73. The summed E-state index contributed by atoms with van der Waals surface area (Å²) in [4.78, 5) is -0.0189. The molecule has 1 heterocycles. The maximum Gasteiger partial charge on any atom is 0.573 e. The second-order valence-corrected chi connectivity index (χ2v) is 7.57. The van der Waals surface area contributed by atoms with Crippen molar-refractivity contribution in [3.63, 3.8) is 0 Å². The molecule has 1 aromatic rings. The van der Waals surface area contributed by atoms with Crippen molar-refractivity contribution in [2.75, 3.05) is 13.1 Å². The minimum atomic E-state index is -4.79. The van der Waals surface area contributed by atoms with E-state index in [4.69, 9.17) is 0 Å². The van der Waals surface area contributed by atoms with Crippen molar-refractivity contribution in [2.45, 2.75) is 36.9 Å². The lowest BCUT2D eigenvalue weighted by Gasteiger charge is -2.27. The van der Waals surface area contributed by atoms with Gasteiger partial charge in [-0.1, -0.05) is 11.1 Å². The maximum atomic E-state index is 12.5. The fraction of sp³-hybridized carbons (Fsp3) is 0.467. The minimum absolute atomic E-state index is 0.0189. The molecule has 1 aliphatic heterocycles. The molecule has 126 valence electrons. The number of hydrogen-bond acceptors (Lipinski definition) is 3. The largest absolute Gasteiger partial charge is 0.573 e. The number of ether oxygens (including phenoxy) is 1. The summed E-state index contributed by atoms with van der Waals surface area (Å²) in [6.07, 6.45) is -1.06. The molecule has 0 atom stereocenters. The van der Waals surface area contributed by atoms with Crippen molar-refractivity contribution >= 4 is 10.0 Å². The van der Waals surface area contributed by atoms with E-state index in [0.29, 0.717) is 13.1 Å². The normalized spacial score (nSPS) is 19.8. The highest BCUT2D eigenvalue weighted by Crippen LogP contribution is 2.37. The standard InChI is InChI=1S/C15H16F3NO3S/c16-15(17,18)22-13-3-5-14(6-4-13)23(20,21)19-9-7-12(8-10-19)11-1-2-11/h3-6H,1-2,7-10H2. The topological polar surface area (TPSA) is 46.6 Å². The Balaban J connectivity index is 1.71. The average Bonchev–Trinajstić information content (AvgIpc) is 3.31. The molecule has 1 saturated carbocycles. The Morgan fingerprint density at radius 1 is 0.913 bits per heavy atom. The molecule has 2 aliphatic rings. The second kappa shape index (κ2) is 5.83. The van der Waals surface area contributed by atoms with Crippen LogP contribution in [-0.4, -0.2) is 32.2 Å². The number of alkyl halides is 3. The van der Waals surface area contributed by atoms with Crippen LogP contribution in [0.15, 0.2) is 40.3 Å². The number of benzene rings is 1. The van der Waals surface area contributed by atoms with Gasteiger partial charge in [-0.2, -0.15) is 4.31 Å². The molecular weight excluding hydrogens is 331 g/mol. The Labute approximate surface area is 132 Å². The van der Waals surface area contributed by atoms with E-state index in [1.807, 2.05) is 0 Å². The van der Waals surface area contributed by atoms with E-state index in [2.05, 4.69) is 4.74 Å². The third-order valence-corrected chi connectivity index (χ3v) is 5.93. The van der Waals surface area contributed by atoms with Gasteiger partial charge in [0.2, 0.25) is 10.0 Å². The Bertz CT molecular complexity index is 707. The van der Waals surface area contributed by atoms with Crippen LogP contribution in [0.2, 0.25) is 0 Å². The molecule has 1 saturated heterocycles. The summed E-state index contributed by atoms with van der Waals surface area (Å²) in [5.41, 5.74) is 2.82. The van der Waals surface area contributed by atoms with Crippen LogP contribution in [0.1, 0.15) is 25.7 Å². The highest BCUT2D eigenvalue weighted by molar-refractivity contribution is 7.89. The lowest BCUT2D eigenvalue weighted by atomic mass is 10.1. The van der Waals surface area contributed by atoms with Gasteiger partial charge < -0.3 is 4.74 Å². The molecule has 0 amide bonds. The molecule has 0 radical (unpaired) electrons. The highest BCUT2D eigenvalue weighted by Gasteiger charge is 2.32. The predicted molar refractivity (Wildman–Crippen MR) is 77.4 cm³/mol. The molecule has 4 nitrogen and oxygen atoms in total. The number of nitrogens with zero attached hydrogens (tertiary/aromatic N) is 1. The van der Waals surface area contributed by atoms with Gasteiger partial charge in [-0.25, -0.2) is 8.42 Å². The van der Waals surface area contributed by atoms with Gasteiger partial charge in [-0.3, -0.25) is 0 Å². The molecule has 1 aliphatic carbocycles. The lowest BCUT2D eigenvalue weighted by Crippen LogP contribution is -2.36. The van der Waals surface area contributed by atoms with Gasteiger partial charge in [0.1, 0.15) is 5.75 Å². The van der Waals surface area contributed by atoms with E-state index in [0.717, 1.165) is 49.9 Å². The first-order valence-corrected chi connectivity index (χ1v) is 8.75. The second-order valence-electron chi connectivity index (χ2n) is 5.63. The van der Waals surface area contributed by atoms with Crippen molar-refractivity contribution in [3.8, 4) is 5.75 Å². The summed E-state index contributed by atoms with van der Waals surface area (Å²) in [5.74, 6) is -0.434. The molecule has 23 heavy (non-hydrogen) atoms. The van der Waals surface area contributed by atoms with E-state index >= 15 is 0 Å². The molecular formula is C15H16F3NO3S. The number of piperidine rings is 1. The number of hydrogen-bond donors (Lipinski definition) is 0. The zero-order valence-electron chi connectivity index (χ0n) is 12.3. The third kappa shape index (κ3) is 3.87. The van der Waals surface area contributed by atoms with Gasteiger partial charge in [0, 0.05) is 13.1 Å². The fourth-order valence-corrected chi connectivity index (χ4v) is 4.17. The van der Waals surface area contributed by atoms with Crippen LogP contribution in [0.4, 0.5) is 13.2 Å². The molecule has 0 bridgehead atoms. The van der Waals surface area contributed by atoms with E-state index < -0.39 is 22.1 Å². The van der Waals surface area contributed by atoms with Crippen molar-refractivity contribution in [1.82, 2.24) is 4.31 Å². The first-order chi connectivity index (χ1) is 10.8. The first kappa shape index (κ1) is 16.3. The van der Waals surface area contributed by atoms with E-state index in [-0.39, 0.29) is 4.90 Å². The molecule has 0 spiro atoms. The van der Waals surface area contributed by atoms with E-state index in [1.54, 1.807) is 0 Å². The van der Waals surface area contributed by atoms with Crippen LogP contribution in [0.5, 0.6) is 5.75 Å². The third-order valence-electron chi connectivity index (χ3n) is 4.02. The van der Waals surface area contributed by atoms with Crippen LogP contribution in [0, 0.1) is 0 Å². The van der Waals surface area contributed by atoms with Crippen molar-refractivity contribution in [3.05, 3.63) is 35.4 Å². The predicted octanol–water partition coefficient (Wildman–Crippen LogP) is 3.46. The van der Waals surface area contributed by atoms with Crippen molar-refractivity contribution in [2.24, 2.45) is 0 Å². The van der Waals surface area contributed by atoms with Crippen LogP contribution in [-0.2, 0) is 10.0 Å². The number of sulfonamides is 1. The van der Waals surface area contributed by atoms with Gasteiger partial charge in [0.05, 0.1) is 4.90 Å². The van der Waals surface area contributed by atoms with Crippen LogP contribution >= 0.6 is 0 Å². The Kier molecular flexibility index (Phi) is 4.14. The van der Waals surface area contributed by atoms with Crippen molar-refractivity contribution < 1.29 is 26.3 Å². The Morgan fingerprint density at radius 2 is 1.43 bits per heavy atom. The highest BCUT2D eigenvalue weighted by atomic mass is 32.2.